The van der Waals surface area contributed by atoms with Crippen LogP contribution < -0.4 is 4.31 Å². The van der Waals surface area contributed by atoms with Crippen LogP contribution in [0.3, 0.4) is 0 Å². The molecule has 104 valence electrons. The largest absolute Gasteiger partial charge is 0.363 e. The van der Waals surface area contributed by atoms with Crippen molar-refractivity contribution < 1.29 is 13.2 Å². The van der Waals surface area contributed by atoms with E-state index in [2.05, 4.69) is 4.98 Å². The van der Waals surface area contributed by atoms with Crippen LogP contribution in [-0.2, 0) is 14.8 Å². The molecule has 0 bridgehead atoms. The van der Waals surface area contributed by atoms with Gasteiger partial charge in [-0.15, -0.1) is 11.3 Å². The molecule has 0 fully saturated rings. The van der Waals surface area contributed by atoms with Crippen molar-refractivity contribution in [2.75, 3.05) is 18.1 Å². The Bertz CT molecular complexity index is 703. The zero-order valence-corrected chi connectivity index (χ0v) is 12.2. The van der Waals surface area contributed by atoms with Crippen molar-refractivity contribution in [3.05, 3.63) is 41.4 Å². The van der Waals surface area contributed by atoms with Gasteiger partial charge in [0.2, 0.25) is 5.13 Å². The van der Waals surface area contributed by atoms with Crippen molar-refractivity contribution in [1.82, 2.24) is 4.98 Å². The van der Waals surface area contributed by atoms with Crippen LogP contribution >= 0.6 is 11.3 Å². The molecule has 2 rings (SSSR count). The number of sulfonamides is 1. The van der Waals surface area contributed by atoms with E-state index in [9.17, 15) is 8.42 Å². The Morgan fingerprint density at radius 3 is 2.60 bits per heavy atom. The molecular formula is C12H11N3O3S2. The zero-order chi connectivity index (χ0) is 14.6. The lowest BCUT2D eigenvalue weighted by molar-refractivity contribution is 0.209. The smallest absolute Gasteiger partial charge is 0.268 e. The first-order valence-electron chi connectivity index (χ1n) is 5.51. The molecule has 6 nitrogen and oxygen atoms in total. The second-order valence-corrected chi connectivity index (χ2v) is 6.46. The van der Waals surface area contributed by atoms with E-state index in [0.29, 0.717) is 10.7 Å². The summed E-state index contributed by atoms with van der Waals surface area (Å²) in [5, 5.41) is 10.8. The van der Waals surface area contributed by atoms with Crippen molar-refractivity contribution in [2.45, 2.75) is 4.90 Å². The van der Waals surface area contributed by atoms with Crippen LogP contribution in [0.25, 0.3) is 0 Å². The Balaban J connectivity index is 2.42. The van der Waals surface area contributed by atoms with E-state index in [1.54, 1.807) is 5.38 Å². The van der Waals surface area contributed by atoms with Gasteiger partial charge in [0.05, 0.1) is 16.5 Å². The highest BCUT2D eigenvalue weighted by molar-refractivity contribution is 7.93. The van der Waals surface area contributed by atoms with E-state index in [-0.39, 0.29) is 11.6 Å². The summed E-state index contributed by atoms with van der Waals surface area (Å²) < 4.78 is 31.1. The van der Waals surface area contributed by atoms with Gasteiger partial charge < -0.3 is 4.74 Å². The van der Waals surface area contributed by atoms with Crippen LogP contribution in [0, 0.1) is 11.3 Å². The highest BCUT2D eigenvalue weighted by Gasteiger charge is 2.26. The predicted molar refractivity (Wildman–Crippen MR) is 74.8 cm³/mol. The number of nitrogens with zero attached hydrogens (tertiary/aromatic N) is 3. The number of anilines is 1. The minimum absolute atomic E-state index is 0.0868. The molecule has 2 aromatic rings. The third-order valence-corrected chi connectivity index (χ3v) is 5.09. The predicted octanol–water partition coefficient (Wildman–Crippen LogP) is 1.81. The number of hydrogen-bond donors (Lipinski definition) is 0. The fraction of sp³-hybridized carbons (Fsp3) is 0.167. The summed E-state index contributed by atoms with van der Waals surface area (Å²) in [6, 6.07) is 7.65. The summed E-state index contributed by atoms with van der Waals surface area (Å²) in [7, 11) is -2.35. The molecule has 0 aliphatic heterocycles. The molecule has 1 aromatic carbocycles. The quantitative estimate of drug-likeness (QED) is 0.787. The van der Waals surface area contributed by atoms with E-state index in [1.807, 2.05) is 6.07 Å². The molecule has 0 unspecified atom stereocenters. The number of thiazole rings is 1. The van der Waals surface area contributed by atoms with Crippen molar-refractivity contribution in [3.63, 3.8) is 0 Å². The Morgan fingerprint density at radius 2 is 2.10 bits per heavy atom. The molecule has 0 atom stereocenters. The van der Waals surface area contributed by atoms with E-state index >= 15 is 0 Å². The average Bonchev–Trinajstić information content (AvgIpc) is 2.98. The molecular weight excluding hydrogens is 298 g/mol. The summed E-state index contributed by atoms with van der Waals surface area (Å²) in [6.45, 7) is -0.129. The van der Waals surface area contributed by atoms with Crippen LogP contribution in [0.4, 0.5) is 5.13 Å². The number of nitriles is 1. The standard InChI is InChI=1S/C12H11N3O3S2/c1-18-9-15(12-14-6-7-19-12)20(16,17)11-4-2-10(8-13)3-5-11/h2-7H,9H2,1H3. The molecule has 0 N–H and O–H groups in total. The molecule has 0 aliphatic carbocycles. The van der Waals surface area contributed by atoms with Gasteiger partial charge in [0.1, 0.15) is 6.73 Å². The fourth-order valence-electron chi connectivity index (χ4n) is 1.51. The highest BCUT2D eigenvalue weighted by Crippen LogP contribution is 2.25. The lowest BCUT2D eigenvalue weighted by Gasteiger charge is -2.20. The van der Waals surface area contributed by atoms with Crippen LogP contribution in [0.1, 0.15) is 5.56 Å². The lowest BCUT2D eigenvalue weighted by atomic mass is 10.2. The van der Waals surface area contributed by atoms with Crippen molar-refractivity contribution in [2.24, 2.45) is 0 Å². The maximum atomic E-state index is 12.6. The number of methoxy groups -OCH3 is 1. The van der Waals surface area contributed by atoms with Gasteiger partial charge in [0, 0.05) is 18.7 Å². The first-order valence-corrected chi connectivity index (χ1v) is 7.83. The normalized spacial score (nSPS) is 11.0. The van der Waals surface area contributed by atoms with Gasteiger partial charge in [0.25, 0.3) is 10.0 Å². The molecule has 20 heavy (non-hydrogen) atoms. The van der Waals surface area contributed by atoms with Crippen LogP contribution in [0.5, 0.6) is 0 Å². The van der Waals surface area contributed by atoms with E-state index in [4.69, 9.17) is 10.00 Å². The van der Waals surface area contributed by atoms with Gasteiger partial charge in [-0.05, 0) is 24.3 Å². The molecule has 0 saturated carbocycles. The van der Waals surface area contributed by atoms with E-state index < -0.39 is 10.0 Å². The number of aromatic nitrogens is 1. The zero-order valence-electron chi connectivity index (χ0n) is 10.6. The molecule has 0 saturated heterocycles. The van der Waals surface area contributed by atoms with Crippen molar-refractivity contribution >= 4 is 26.5 Å². The number of benzene rings is 1. The van der Waals surface area contributed by atoms with Crippen molar-refractivity contribution in [3.8, 4) is 6.07 Å². The Kier molecular flexibility index (Phi) is 4.34. The molecule has 8 heteroatoms. The van der Waals surface area contributed by atoms with Gasteiger partial charge in [-0.3, -0.25) is 0 Å². The van der Waals surface area contributed by atoms with Crippen LogP contribution in [-0.4, -0.2) is 27.2 Å². The second-order valence-electron chi connectivity index (χ2n) is 3.72. The Morgan fingerprint density at radius 1 is 1.40 bits per heavy atom. The SMILES string of the molecule is COCN(c1nccs1)S(=O)(=O)c1ccc(C#N)cc1. The number of hydrogen-bond acceptors (Lipinski definition) is 6. The third kappa shape index (κ3) is 2.80. The molecule has 0 spiro atoms. The maximum absolute atomic E-state index is 12.6. The summed E-state index contributed by atoms with van der Waals surface area (Å²) in [4.78, 5) is 4.08. The van der Waals surface area contributed by atoms with E-state index in [0.717, 1.165) is 4.31 Å². The Labute approximate surface area is 120 Å². The molecule has 0 aliphatic rings. The molecule has 0 amide bonds. The van der Waals surface area contributed by atoms with E-state index in [1.165, 1.54) is 48.9 Å². The van der Waals surface area contributed by atoms with Gasteiger partial charge in [0.15, 0.2) is 0 Å². The summed E-state index contributed by atoms with van der Waals surface area (Å²) >= 11 is 1.20. The Hall–Kier alpha value is -1.95. The second kappa shape index (κ2) is 6.00. The third-order valence-electron chi connectivity index (χ3n) is 2.45. The molecule has 1 heterocycles. The highest BCUT2D eigenvalue weighted by atomic mass is 32.2. The first kappa shape index (κ1) is 14.5. The fourth-order valence-corrected chi connectivity index (χ4v) is 3.70. The number of ether oxygens (including phenoxy) is 1. The van der Waals surface area contributed by atoms with Crippen LogP contribution in [0.15, 0.2) is 40.7 Å². The summed E-state index contributed by atoms with van der Waals surface area (Å²) in [5.74, 6) is 0. The topological polar surface area (TPSA) is 83.3 Å². The minimum atomic E-state index is -3.76. The van der Waals surface area contributed by atoms with Gasteiger partial charge in [-0.1, -0.05) is 0 Å². The maximum Gasteiger partial charge on any atom is 0.268 e. The average molecular weight is 309 g/mol. The first-order chi connectivity index (χ1) is 9.59. The summed E-state index contributed by atoms with van der Waals surface area (Å²) in [6.07, 6.45) is 1.52. The van der Waals surface area contributed by atoms with Gasteiger partial charge in [-0.25, -0.2) is 17.7 Å². The molecule has 0 radical (unpaired) electrons. The monoisotopic (exact) mass is 309 g/mol. The lowest BCUT2D eigenvalue weighted by Crippen LogP contribution is -2.32. The minimum Gasteiger partial charge on any atom is -0.363 e. The number of rotatable bonds is 5. The van der Waals surface area contributed by atoms with Gasteiger partial charge >= 0.3 is 0 Å². The van der Waals surface area contributed by atoms with Crippen LogP contribution in [0.2, 0.25) is 0 Å². The molecule has 1 aromatic heterocycles. The van der Waals surface area contributed by atoms with Gasteiger partial charge in [-0.2, -0.15) is 5.26 Å². The summed E-state index contributed by atoms with van der Waals surface area (Å²) in [5.41, 5.74) is 0.400. The van der Waals surface area contributed by atoms with Crippen molar-refractivity contribution in [1.29, 1.82) is 5.26 Å².